The molecule has 15 unspecified atom stereocenters. The first kappa shape index (κ1) is 88.8. The van der Waals surface area contributed by atoms with Crippen LogP contribution in [0.25, 0.3) is 0 Å². The van der Waals surface area contributed by atoms with E-state index in [1.54, 1.807) is 0 Å². The Bertz CT molecular complexity index is 2330. The van der Waals surface area contributed by atoms with E-state index in [9.17, 15) is 57.5 Å². The van der Waals surface area contributed by atoms with Crippen LogP contribution in [0.3, 0.4) is 0 Å². The molecule has 578 valence electrons. The van der Waals surface area contributed by atoms with Crippen LogP contribution in [0.4, 0.5) is 0 Å². The van der Waals surface area contributed by atoms with Crippen LogP contribution in [0, 0.1) is 35.5 Å². The van der Waals surface area contributed by atoms with Crippen molar-refractivity contribution < 1.29 is 114 Å². The Hall–Kier alpha value is -6.44. The maximum absolute atomic E-state index is 13.2. The van der Waals surface area contributed by atoms with Gasteiger partial charge in [-0.15, -0.1) is 0 Å². The van der Waals surface area contributed by atoms with Gasteiger partial charge >= 0.3 is 35.8 Å². The van der Waals surface area contributed by atoms with E-state index < -0.39 is 96.8 Å². The van der Waals surface area contributed by atoms with E-state index >= 15 is 0 Å². The molecule has 5 amide bonds. The molecule has 0 radical (unpaired) electrons. The van der Waals surface area contributed by atoms with Crippen molar-refractivity contribution in [2.45, 2.75) is 273 Å². The number of esters is 6. The number of ketones is 1. The largest absolute Gasteiger partial charge is 0.463 e. The van der Waals surface area contributed by atoms with Crippen LogP contribution in [0.1, 0.15) is 212 Å². The Morgan fingerprint density at radius 1 is 0.327 bits per heavy atom. The fraction of sp³-hybridized carbons (Fsp3) is 0.831. The van der Waals surface area contributed by atoms with Gasteiger partial charge in [-0.2, -0.15) is 0 Å². The molecule has 0 spiro atoms. The topological polar surface area (TPSA) is 402 Å². The summed E-state index contributed by atoms with van der Waals surface area (Å²) in [5.41, 5.74) is 5.85. The van der Waals surface area contributed by atoms with Crippen LogP contribution in [-0.4, -0.2) is 205 Å². The highest BCUT2D eigenvalue weighted by atomic mass is 16.7. The lowest BCUT2D eigenvalue weighted by molar-refractivity contribution is -0.273. The van der Waals surface area contributed by atoms with Crippen LogP contribution in [0.15, 0.2) is 0 Å². The number of nitrogens with one attached hydrogen (secondary N) is 5. The zero-order valence-corrected chi connectivity index (χ0v) is 62.0. The summed E-state index contributed by atoms with van der Waals surface area (Å²) in [6, 6.07) is 0. The van der Waals surface area contributed by atoms with Crippen LogP contribution in [0.2, 0.25) is 0 Å². The van der Waals surface area contributed by atoms with Gasteiger partial charge in [0, 0.05) is 180 Å². The molecule has 0 aromatic heterocycles. The molecule has 0 aromatic carbocycles. The molecular formula is C71H120N6O24. The van der Waals surface area contributed by atoms with Gasteiger partial charge < -0.3 is 89.2 Å². The number of ether oxygens (including phenoxy) is 12. The highest BCUT2D eigenvalue weighted by Crippen LogP contribution is 2.37. The molecule has 3 heterocycles. The Balaban J connectivity index is 1.41. The molecule has 30 heteroatoms. The van der Waals surface area contributed by atoms with Crippen molar-refractivity contribution >= 4 is 71.1 Å². The molecule has 0 aromatic rings. The maximum Gasteiger partial charge on any atom is 0.303 e. The van der Waals surface area contributed by atoms with Gasteiger partial charge in [-0.05, 0) is 83.5 Å². The first-order valence-corrected chi connectivity index (χ1v) is 36.3. The molecular weight excluding hydrogens is 1320 g/mol. The Morgan fingerprint density at radius 2 is 0.584 bits per heavy atom. The minimum Gasteiger partial charge on any atom is -0.463 e. The van der Waals surface area contributed by atoms with Crippen molar-refractivity contribution in [1.29, 1.82) is 0 Å². The number of carbonyl (C=O) groups excluding carboxylic acids is 12. The molecule has 3 fully saturated rings. The second-order valence-corrected chi connectivity index (χ2v) is 27.2. The lowest BCUT2D eigenvalue weighted by Gasteiger charge is -2.43. The van der Waals surface area contributed by atoms with Crippen LogP contribution in [-0.2, 0) is 114 Å². The van der Waals surface area contributed by atoms with Crippen molar-refractivity contribution in [3.8, 4) is 0 Å². The summed E-state index contributed by atoms with van der Waals surface area (Å²) in [5.74, 6) is -4.77. The number of hydrogen-bond acceptors (Lipinski definition) is 25. The summed E-state index contributed by atoms with van der Waals surface area (Å²) in [5, 5.41) is 14.4. The normalized spacial score (nSPS) is 25.4. The third kappa shape index (κ3) is 36.5. The molecule has 7 N–H and O–H groups in total. The number of rotatable bonds is 49. The van der Waals surface area contributed by atoms with Gasteiger partial charge in [0.05, 0.1) is 0 Å². The third-order valence-electron chi connectivity index (χ3n) is 18.7. The minimum absolute atomic E-state index is 0.0175. The Kier molecular flexibility index (Phi) is 42.6. The first-order chi connectivity index (χ1) is 47.9. The summed E-state index contributed by atoms with van der Waals surface area (Å²) < 4.78 is 68.4. The quantitative estimate of drug-likeness (QED) is 0.0260. The molecule has 3 rings (SSSR count). The van der Waals surface area contributed by atoms with Crippen LogP contribution >= 0.6 is 0 Å². The van der Waals surface area contributed by atoms with Gasteiger partial charge in [0.1, 0.15) is 62.2 Å². The van der Waals surface area contributed by atoms with Crippen LogP contribution in [0.5, 0.6) is 0 Å². The van der Waals surface area contributed by atoms with Gasteiger partial charge in [0.15, 0.2) is 18.9 Å². The van der Waals surface area contributed by atoms with Crippen molar-refractivity contribution in [2.24, 2.45) is 41.2 Å². The summed E-state index contributed by atoms with van der Waals surface area (Å²) >= 11 is 0. The highest BCUT2D eigenvalue weighted by Gasteiger charge is 2.47. The Morgan fingerprint density at radius 3 is 0.861 bits per heavy atom. The van der Waals surface area contributed by atoms with E-state index in [4.69, 9.17) is 62.6 Å². The van der Waals surface area contributed by atoms with Crippen molar-refractivity contribution in [1.82, 2.24) is 26.6 Å². The molecule has 101 heavy (non-hydrogen) atoms. The molecule has 3 aliphatic heterocycles. The lowest BCUT2D eigenvalue weighted by Crippen LogP contribution is -2.53. The number of carbonyl (C=O) groups is 12. The number of nitrogens with two attached hydrogens (primary N) is 1. The molecule has 3 saturated heterocycles. The summed E-state index contributed by atoms with van der Waals surface area (Å²) in [7, 11) is 0. The second kappa shape index (κ2) is 48.5. The number of amides is 5. The SMILES string of the molecule is CC(=O)OCC1OC(OCCCCC(=O)CCCCNC(=O)CCC(N)(CCC(=O)NCCCNC(=O)CCCCOC2OC(COC(C)=O)C(OC(C)=O)C(C)C2C)CCC(=O)NCCCNC(=O)CCCCOC2OC(COC(C)=O)C(OC(C)=O)C(C)C2C)C(C)C(C)C1OC(C)=O. The van der Waals surface area contributed by atoms with E-state index in [1.165, 1.54) is 41.5 Å². The summed E-state index contributed by atoms with van der Waals surface area (Å²) in [6.45, 7) is 21.5. The first-order valence-electron chi connectivity index (χ1n) is 36.3. The van der Waals surface area contributed by atoms with Gasteiger partial charge in [-0.25, -0.2) is 0 Å². The fourth-order valence-electron chi connectivity index (χ4n) is 12.1. The average molecular weight is 1440 g/mol. The molecule has 0 saturated carbocycles. The van der Waals surface area contributed by atoms with Crippen LogP contribution < -0.4 is 32.3 Å². The maximum atomic E-state index is 13.2. The predicted octanol–water partition coefficient (Wildman–Crippen LogP) is 5.16. The van der Waals surface area contributed by atoms with Crippen molar-refractivity contribution in [3.05, 3.63) is 0 Å². The van der Waals surface area contributed by atoms with Gasteiger partial charge in [-0.3, -0.25) is 57.5 Å². The Labute approximate surface area is 596 Å². The van der Waals surface area contributed by atoms with E-state index in [2.05, 4.69) is 26.6 Å². The van der Waals surface area contributed by atoms with Crippen molar-refractivity contribution in [3.63, 3.8) is 0 Å². The molecule has 3 aliphatic rings. The zero-order valence-electron chi connectivity index (χ0n) is 62.0. The highest BCUT2D eigenvalue weighted by molar-refractivity contribution is 5.79. The van der Waals surface area contributed by atoms with Gasteiger partial charge in [-0.1, -0.05) is 41.5 Å². The molecule has 30 nitrogen and oxygen atoms in total. The molecule has 0 aliphatic carbocycles. The van der Waals surface area contributed by atoms with Gasteiger partial charge in [0.2, 0.25) is 29.5 Å². The van der Waals surface area contributed by atoms with E-state index in [0.717, 1.165) is 0 Å². The average Bonchev–Trinajstić information content (AvgIpc) is 0.822. The van der Waals surface area contributed by atoms with E-state index in [0.29, 0.717) is 117 Å². The fourth-order valence-corrected chi connectivity index (χ4v) is 12.1. The number of hydrogen-bond donors (Lipinski definition) is 6. The van der Waals surface area contributed by atoms with E-state index in [1.807, 2.05) is 41.5 Å². The smallest absolute Gasteiger partial charge is 0.303 e. The predicted molar refractivity (Wildman–Crippen MR) is 365 cm³/mol. The number of Topliss-reactive ketones (excluding diaryl/α,β-unsaturated/α-hetero) is 1. The lowest BCUT2D eigenvalue weighted by atomic mass is 9.84. The third-order valence-corrected chi connectivity index (χ3v) is 18.7. The van der Waals surface area contributed by atoms with E-state index in [-0.39, 0.29) is 155 Å². The monoisotopic (exact) mass is 1440 g/mol. The zero-order chi connectivity index (χ0) is 75.0. The second-order valence-electron chi connectivity index (χ2n) is 27.2. The molecule has 0 bridgehead atoms. The number of unbranched alkanes of at least 4 members (excludes halogenated alkanes) is 4. The summed E-state index contributed by atoms with van der Waals surface area (Å²) in [4.78, 5) is 147. The van der Waals surface area contributed by atoms with Crippen molar-refractivity contribution in [2.75, 3.05) is 72.4 Å². The summed E-state index contributed by atoms with van der Waals surface area (Å²) in [6.07, 6.45) is 1.42. The van der Waals surface area contributed by atoms with Gasteiger partial charge in [0.25, 0.3) is 0 Å². The minimum atomic E-state index is -1.08. The molecule has 15 atom stereocenters. The standard InChI is InChI=1S/C71H120N6O24/c1-44-47(4)68(99-57(41-93-50(7)78)65(44)96-53(10)81)90-38-18-14-24-56(84)23-13-17-33-73-62(87)27-30-71(72,31-28-63(88)76-36-21-34-74-60(85)25-15-19-39-91-69-48(5)45(2)66(97-54(11)82)58(100-69)42-94-51(8)79)32-29-64(89)77-37-22-35-75-61(86)26-16-20-40-92-70-49(6)46(3)67(98-55(12)83)59(101-70)43-95-52(9)80/h44-49,57-59,65-70H,13-43,72H2,1-12H3,(H,73,87)(H,74,85)(H,75,86)(H,76,88)(H,77,89).